The lowest BCUT2D eigenvalue weighted by Gasteiger charge is -2.36. The summed E-state index contributed by atoms with van der Waals surface area (Å²) in [4.78, 5) is 33.1. The van der Waals surface area contributed by atoms with Gasteiger partial charge in [0.25, 0.3) is 0 Å². The van der Waals surface area contributed by atoms with E-state index in [9.17, 15) is 9.59 Å². The summed E-state index contributed by atoms with van der Waals surface area (Å²) in [5.74, 6) is 0.844. The van der Waals surface area contributed by atoms with Gasteiger partial charge in [0, 0.05) is 56.7 Å². The molecule has 0 spiro atoms. The molecule has 7 nitrogen and oxygen atoms in total. The molecular formula is C23H28N4O3. The Morgan fingerprint density at radius 2 is 1.67 bits per heavy atom. The fourth-order valence-corrected chi connectivity index (χ4v) is 3.98. The van der Waals surface area contributed by atoms with Gasteiger partial charge in [-0.3, -0.25) is 9.69 Å². The van der Waals surface area contributed by atoms with Crippen molar-refractivity contribution in [1.82, 2.24) is 9.80 Å². The molecule has 0 radical (unpaired) electrons. The number of hydrogen-bond acceptors (Lipinski definition) is 4. The van der Waals surface area contributed by atoms with Crippen LogP contribution >= 0.6 is 0 Å². The third kappa shape index (κ3) is 4.20. The first-order valence-electron chi connectivity index (χ1n) is 10.3. The fourth-order valence-electron chi connectivity index (χ4n) is 3.98. The van der Waals surface area contributed by atoms with Gasteiger partial charge in [0.2, 0.25) is 5.91 Å². The minimum atomic E-state index is -0.0952. The van der Waals surface area contributed by atoms with E-state index >= 15 is 0 Å². The number of carbonyl (C=O) groups is 2. The van der Waals surface area contributed by atoms with E-state index in [0.29, 0.717) is 26.2 Å². The van der Waals surface area contributed by atoms with Crippen LogP contribution in [0.15, 0.2) is 48.5 Å². The number of nitrogens with zero attached hydrogens (tertiary/aromatic N) is 4. The van der Waals surface area contributed by atoms with Crippen LogP contribution in [0.2, 0.25) is 0 Å². The van der Waals surface area contributed by atoms with Crippen molar-refractivity contribution < 1.29 is 14.3 Å². The number of hydrogen-bond donors (Lipinski definition) is 0. The number of rotatable bonds is 5. The quantitative estimate of drug-likeness (QED) is 0.763. The Labute approximate surface area is 177 Å². The Kier molecular flexibility index (Phi) is 5.79. The van der Waals surface area contributed by atoms with Gasteiger partial charge in [0.1, 0.15) is 12.3 Å². The number of piperazine rings is 1. The molecule has 0 N–H and O–H groups in total. The second kappa shape index (κ2) is 8.65. The van der Waals surface area contributed by atoms with Crippen LogP contribution in [0.3, 0.4) is 0 Å². The highest BCUT2D eigenvalue weighted by atomic mass is 16.5. The first-order chi connectivity index (χ1) is 14.5. The maximum atomic E-state index is 12.8. The highest BCUT2D eigenvalue weighted by Gasteiger charge is 2.32. The summed E-state index contributed by atoms with van der Waals surface area (Å²) < 4.78 is 5.30. The van der Waals surface area contributed by atoms with Crippen LogP contribution in [0.1, 0.15) is 5.56 Å². The molecule has 4 rings (SSSR count). The standard InChI is InChI=1S/C23H28N4O3/c1-18-6-8-19(9-7-18)27-15-14-26(23(27)29)17-22(28)25-12-10-24(11-13-25)20-4-3-5-21(16-20)30-2/h3-9,16H,10-15,17H2,1-2H3. The summed E-state index contributed by atoms with van der Waals surface area (Å²) in [5, 5.41) is 0. The van der Waals surface area contributed by atoms with Crippen LogP contribution < -0.4 is 14.5 Å². The van der Waals surface area contributed by atoms with Crippen molar-refractivity contribution in [2.24, 2.45) is 0 Å². The molecule has 0 unspecified atom stereocenters. The summed E-state index contributed by atoms with van der Waals surface area (Å²) in [6, 6.07) is 15.8. The number of methoxy groups -OCH3 is 1. The van der Waals surface area contributed by atoms with Gasteiger partial charge in [-0.25, -0.2) is 4.79 Å². The molecule has 0 atom stereocenters. The van der Waals surface area contributed by atoms with Gasteiger partial charge in [-0.15, -0.1) is 0 Å². The zero-order valence-corrected chi connectivity index (χ0v) is 17.6. The lowest BCUT2D eigenvalue weighted by molar-refractivity contribution is -0.131. The first-order valence-corrected chi connectivity index (χ1v) is 10.3. The van der Waals surface area contributed by atoms with Gasteiger partial charge in [0.05, 0.1) is 7.11 Å². The normalized spacial score (nSPS) is 16.9. The highest BCUT2D eigenvalue weighted by Crippen LogP contribution is 2.23. The van der Waals surface area contributed by atoms with Gasteiger partial charge in [-0.2, -0.15) is 0 Å². The van der Waals surface area contributed by atoms with Gasteiger partial charge < -0.3 is 19.4 Å². The van der Waals surface area contributed by atoms with Crippen LogP contribution in [0.5, 0.6) is 5.75 Å². The van der Waals surface area contributed by atoms with Crippen LogP contribution in [0.4, 0.5) is 16.2 Å². The molecule has 2 aliphatic rings. The lowest BCUT2D eigenvalue weighted by atomic mass is 10.2. The third-order valence-corrected chi connectivity index (χ3v) is 5.82. The fraction of sp³-hybridized carbons (Fsp3) is 0.391. The molecule has 2 aromatic rings. The van der Waals surface area contributed by atoms with Gasteiger partial charge in [-0.05, 0) is 31.2 Å². The molecule has 2 aliphatic heterocycles. The molecule has 2 fully saturated rings. The predicted octanol–water partition coefficient (Wildman–Crippen LogP) is 2.59. The van der Waals surface area contributed by atoms with Crippen molar-refractivity contribution in [1.29, 1.82) is 0 Å². The van der Waals surface area contributed by atoms with Crippen molar-refractivity contribution in [3.05, 3.63) is 54.1 Å². The molecule has 0 aliphatic carbocycles. The summed E-state index contributed by atoms with van der Waals surface area (Å²) in [6.07, 6.45) is 0. The van der Waals surface area contributed by atoms with E-state index in [0.717, 1.165) is 35.8 Å². The van der Waals surface area contributed by atoms with E-state index in [4.69, 9.17) is 4.74 Å². The van der Waals surface area contributed by atoms with Crippen molar-refractivity contribution in [2.75, 3.05) is 62.7 Å². The number of carbonyl (C=O) groups excluding carboxylic acids is 2. The highest BCUT2D eigenvalue weighted by molar-refractivity contribution is 5.96. The topological polar surface area (TPSA) is 56.3 Å². The first kappa shape index (κ1) is 20.1. The Bertz CT molecular complexity index is 907. The Morgan fingerprint density at radius 3 is 2.37 bits per heavy atom. The van der Waals surface area contributed by atoms with Crippen molar-refractivity contribution in [3.8, 4) is 5.75 Å². The molecule has 0 saturated carbocycles. The number of benzene rings is 2. The van der Waals surface area contributed by atoms with E-state index in [1.165, 1.54) is 0 Å². The van der Waals surface area contributed by atoms with Crippen LogP contribution in [-0.4, -0.2) is 74.7 Å². The number of aryl methyl sites for hydroxylation is 1. The SMILES string of the molecule is COc1cccc(N2CCN(C(=O)CN3CCN(c4ccc(C)cc4)C3=O)CC2)c1. The molecule has 158 valence electrons. The van der Waals surface area contributed by atoms with Crippen LogP contribution in [0.25, 0.3) is 0 Å². The lowest BCUT2D eigenvalue weighted by Crippen LogP contribution is -2.51. The van der Waals surface area contributed by atoms with Gasteiger partial charge in [-0.1, -0.05) is 23.8 Å². The molecule has 2 heterocycles. The van der Waals surface area contributed by atoms with Crippen molar-refractivity contribution in [2.45, 2.75) is 6.92 Å². The third-order valence-electron chi connectivity index (χ3n) is 5.82. The molecule has 0 aromatic heterocycles. The minimum Gasteiger partial charge on any atom is -0.497 e. The summed E-state index contributed by atoms with van der Waals surface area (Å²) >= 11 is 0. The largest absolute Gasteiger partial charge is 0.497 e. The number of amides is 3. The number of urea groups is 1. The molecular weight excluding hydrogens is 380 g/mol. The van der Waals surface area contributed by atoms with Crippen molar-refractivity contribution in [3.63, 3.8) is 0 Å². The molecule has 7 heteroatoms. The average Bonchev–Trinajstić information content (AvgIpc) is 3.14. The van der Waals surface area contributed by atoms with Gasteiger partial charge >= 0.3 is 6.03 Å². The minimum absolute atomic E-state index is 0.0133. The number of ether oxygens (including phenoxy) is 1. The maximum absolute atomic E-state index is 12.8. The van der Waals surface area contributed by atoms with E-state index in [-0.39, 0.29) is 18.5 Å². The Morgan fingerprint density at radius 1 is 0.933 bits per heavy atom. The van der Waals surface area contributed by atoms with E-state index in [2.05, 4.69) is 11.0 Å². The molecule has 30 heavy (non-hydrogen) atoms. The number of anilines is 2. The molecule has 2 aromatic carbocycles. The predicted molar refractivity (Wildman–Crippen MR) is 117 cm³/mol. The monoisotopic (exact) mass is 408 g/mol. The van der Waals surface area contributed by atoms with Crippen molar-refractivity contribution >= 4 is 23.3 Å². The molecule has 0 bridgehead atoms. The van der Waals surface area contributed by atoms with Gasteiger partial charge in [0.15, 0.2) is 0 Å². The summed E-state index contributed by atoms with van der Waals surface area (Å²) in [6.45, 7) is 6.18. The average molecular weight is 409 g/mol. The molecule has 2 saturated heterocycles. The second-order valence-electron chi connectivity index (χ2n) is 7.76. The smallest absolute Gasteiger partial charge is 0.325 e. The Balaban J connectivity index is 1.31. The van der Waals surface area contributed by atoms with E-state index in [1.54, 1.807) is 16.9 Å². The van der Waals surface area contributed by atoms with Crippen LogP contribution in [-0.2, 0) is 4.79 Å². The maximum Gasteiger partial charge on any atom is 0.325 e. The second-order valence-corrected chi connectivity index (χ2v) is 7.76. The summed E-state index contributed by atoms with van der Waals surface area (Å²) in [5.41, 5.74) is 3.14. The van der Waals surface area contributed by atoms with E-state index in [1.807, 2.05) is 54.3 Å². The summed E-state index contributed by atoms with van der Waals surface area (Å²) in [7, 11) is 1.66. The molecule has 3 amide bonds. The van der Waals surface area contributed by atoms with Crippen LogP contribution in [0, 0.1) is 6.92 Å². The Hall–Kier alpha value is -3.22. The zero-order valence-electron chi connectivity index (χ0n) is 17.6. The van der Waals surface area contributed by atoms with E-state index < -0.39 is 0 Å². The zero-order chi connectivity index (χ0) is 21.1.